The Kier molecular flexibility index (Phi) is 6.39. The highest BCUT2D eigenvalue weighted by molar-refractivity contribution is 6.00. The van der Waals surface area contributed by atoms with E-state index in [4.69, 9.17) is 9.84 Å². The highest BCUT2D eigenvalue weighted by Crippen LogP contribution is 2.35. The van der Waals surface area contributed by atoms with Crippen molar-refractivity contribution >= 4 is 17.6 Å². The molecule has 0 spiro atoms. The fourth-order valence-electron chi connectivity index (χ4n) is 3.19. The van der Waals surface area contributed by atoms with Crippen LogP contribution in [0.5, 0.6) is 5.75 Å². The fourth-order valence-corrected chi connectivity index (χ4v) is 3.19. The van der Waals surface area contributed by atoms with Gasteiger partial charge in [-0.3, -0.25) is 4.79 Å². The monoisotopic (exact) mass is 355 g/mol. The Morgan fingerprint density at radius 1 is 1.00 bits per heavy atom. The number of likely N-dealkylation sites (N-methyl/N-ethyl adjacent to an activating group) is 1. The molecule has 0 aliphatic carbocycles. The van der Waals surface area contributed by atoms with Crippen molar-refractivity contribution in [3.05, 3.63) is 60.2 Å². The number of nitrogens with zero attached hydrogens (tertiary/aromatic N) is 1. The third-order valence-corrected chi connectivity index (χ3v) is 4.83. The van der Waals surface area contributed by atoms with E-state index in [1.165, 1.54) is 0 Å². The average Bonchev–Trinajstić information content (AvgIpc) is 2.68. The van der Waals surface area contributed by atoms with Gasteiger partial charge in [-0.1, -0.05) is 44.2 Å². The molecule has 0 heterocycles. The van der Waals surface area contributed by atoms with E-state index in [1.807, 2.05) is 44.2 Å². The van der Waals surface area contributed by atoms with Crippen molar-refractivity contribution < 1.29 is 19.4 Å². The molecule has 0 aromatic heterocycles. The molecule has 0 saturated carbocycles. The minimum Gasteiger partial charge on any atom is -0.482 e. The molecule has 2 aromatic carbocycles. The lowest BCUT2D eigenvalue weighted by Gasteiger charge is -2.35. The van der Waals surface area contributed by atoms with Crippen molar-refractivity contribution in [2.45, 2.75) is 32.1 Å². The quantitative estimate of drug-likeness (QED) is 0.780. The maximum absolute atomic E-state index is 13.3. The molecule has 0 radical (unpaired) electrons. The number of carbonyl (C=O) groups excluding carboxylic acids is 1. The average molecular weight is 355 g/mol. The van der Waals surface area contributed by atoms with Crippen LogP contribution < -0.4 is 9.64 Å². The molecular formula is C21H25NO4. The van der Waals surface area contributed by atoms with Gasteiger partial charge in [0.15, 0.2) is 6.61 Å². The van der Waals surface area contributed by atoms with E-state index in [-0.39, 0.29) is 5.91 Å². The van der Waals surface area contributed by atoms with Crippen LogP contribution in [0, 0.1) is 0 Å². The Balaban J connectivity index is 2.25. The van der Waals surface area contributed by atoms with E-state index >= 15 is 0 Å². The van der Waals surface area contributed by atoms with Crippen molar-refractivity contribution in [1.29, 1.82) is 0 Å². The van der Waals surface area contributed by atoms with Crippen LogP contribution in [0.2, 0.25) is 0 Å². The minimum absolute atomic E-state index is 0.0351. The molecule has 26 heavy (non-hydrogen) atoms. The predicted molar refractivity (Wildman–Crippen MR) is 102 cm³/mol. The van der Waals surface area contributed by atoms with Crippen LogP contribution in [0.4, 0.5) is 5.69 Å². The van der Waals surface area contributed by atoms with Crippen LogP contribution in [-0.2, 0) is 15.0 Å². The summed E-state index contributed by atoms with van der Waals surface area (Å²) in [6, 6.07) is 16.7. The van der Waals surface area contributed by atoms with Gasteiger partial charge in [-0.15, -0.1) is 0 Å². The largest absolute Gasteiger partial charge is 0.482 e. The van der Waals surface area contributed by atoms with Gasteiger partial charge in [-0.25, -0.2) is 4.79 Å². The molecule has 0 atom stereocenters. The molecule has 5 nitrogen and oxygen atoms in total. The number of ether oxygens (including phenoxy) is 1. The highest BCUT2D eigenvalue weighted by Gasteiger charge is 2.39. The highest BCUT2D eigenvalue weighted by atomic mass is 16.5. The summed E-state index contributed by atoms with van der Waals surface area (Å²) in [4.78, 5) is 25.6. The van der Waals surface area contributed by atoms with Gasteiger partial charge in [0.2, 0.25) is 5.91 Å². The first-order valence-corrected chi connectivity index (χ1v) is 8.73. The molecule has 1 amide bonds. The molecular weight excluding hydrogens is 330 g/mol. The molecule has 0 bridgehead atoms. The van der Waals surface area contributed by atoms with Crippen LogP contribution in [0.3, 0.4) is 0 Å². The summed E-state index contributed by atoms with van der Waals surface area (Å²) in [6.45, 7) is 3.67. The Labute approximate surface area is 154 Å². The van der Waals surface area contributed by atoms with Gasteiger partial charge < -0.3 is 14.7 Å². The molecule has 1 N–H and O–H groups in total. The number of carbonyl (C=O) groups is 2. The number of amides is 1. The standard InChI is InChI=1S/C21H25NO4/c1-4-21(5-2,16-9-7-6-8-10-16)20(25)22(3)17-11-13-18(14-12-17)26-15-19(23)24/h6-14H,4-5,15H2,1-3H3,(H,23,24). The summed E-state index contributed by atoms with van der Waals surface area (Å²) in [5, 5.41) is 8.66. The smallest absolute Gasteiger partial charge is 0.341 e. The third-order valence-electron chi connectivity index (χ3n) is 4.83. The first-order valence-electron chi connectivity index (χ1n) is 8.73. The molecule has 0 unspecified atom stereocenters. The number of hydrogen-bond acceptors (Lipinski definition) is 3. The SMILES string of the molecule is CCC(CC)(C(=O)N(C)c1ccc(OCC(=O)O)cc1)c1ccccc1. The zero-order valence-corrected chi connectivity index (χ0v) is 15.4. The number of carboxylic acids is 1. The number of anilines is 1. The van der Waals surface area contributed by atoms with E-state index < -0.39 is 18.0 Å². The zero-order valence-electron chi connectivity index (χ0n) is 15.4. The summed E-state index contributed by atoms with van der Waals surface area (Å²) in [6.07, 6.45) is 1.41. The number of aliphatic carboxylic acids is 1. The van der Waals surface area contributed by atoms with Crippen molar-refractivity contribution in [3.63, 3.8) is 0 Å². The molecule has 138 valence electrons. The molecule has 0 saturated heterocycles. The van der Waals surface area contributed by atoms with E-state index in [0.717, 1.165) is 11.3 Å². The van der Waals surface area contributed by atoms with Crippen molar-refractivity contribution in [1.82, 2.24) is 0 Å². The van der Waals surface area contributed by atoms with E-state index in [1.54, 1.807) is 36.2 Å². The van der Waals surface area contributed by atoms with Gasteiger partial charge in [-0.05, 0) is 42.7 Å². The minimum atomic E-state index is -1.03. The second-order valence-electron chi connectivity index (χ2n) is 6.20. The summed E-state index contributed by atoms with van der Waals surface area (Å²) in [5.41, 5.74) is 1.18. The third kappa shape index (κ3) is 4.04. The van der Waals surface area contributed by atoms with E-state index in [2.05, 4.69) is 0 Å². The molecule has 0 fully saturated rings. The maximum atomic E-state index is 13.3. The van der Waals surface area contributed by atoms with Gasteiger partial charge in [0.1, 0.15) is 5.75 Å². The number of carboxylic acid groups (broad SMARTS) is 1. The summed E-state index contributed by atoms with van der Waals surface area (Å²) in [7, 11) is 1.76. The first kappa shape index (κ1) is 19.5. The van der Waals surface area contributed by atoms with Crippen LogP contribution >= 0.6 is 0 Å². The van der Waals surface area contributed by atoms with Crippen molar-refractivity contribution in [3.8, 4) is 5.75 Å². The first-order chi connectivity index (χ1) is 12.4. The van der Waals surface area contributed by atoms with Crippen molar-refractivity contribution in [2.75, 3.05) is 18.6 Å². The van der Waals surface area contributed by atoms with Crippen LogP contribution in [-0.4, -0.2) is 30.6 Å². The lowest BCUT2D eigenvalue weighted by atomic mass is 9.74. The number of rotatable bonds is 8. The normalized spacial score (nSPS) is 11.0. The summed E-state index contributed by atoms with van der Waals surface area (Å²) >= 11 is 0. The molecule has 2 rings (SSSR count). The summed E-state index contributed by atoms with van der Waals surface area (Å²) < 4.78 is 5.14. The Bertz CT molecular complexity index is 736. The Morgan fingerprint density at radius 2 is 1.58 bits per heavy atom. The van der Waals surface area contributed by atoms with Gasteiger partial charge in [0.25, 0.3) is 0 Å². The molecule has 0 aliphatic rings. The summed E-state index contributed by atoms with van der Waals surface area (Å²) in [5.74, 6) is -0.537. The Hall–Kier alpha value is -2.82. The van der Waals surface area contributed by atoms with Gasteiger partial charge in [0.05, 0.1) is 5.41 Å². The molecule has 2 aromatic rings. The second kappa shape index (κ2) is 8.52. The van der Waals surface area contributed by atoms with Gasteiger partial charge in [0, 0.05) is 12.7 Å². The zero-order chi connectivity index (χ0) is 19.2. The predicted octanol–water partition coefficient (Wildman–Crippen LogP) is 3.87. The number of benzene rings is 2. The number of hydrogen-bond donors (Lipinski definition) is 1. The van der Waals surface area contributed by atoms with Crippen LogP contribution in [0.25, 0.3) is 0 Å². The fraction of sp³-hybridized carbons (Fsp3) is 0.333. The van der Waals surface area contributed by atoms with E-state index in [9.17, 15) is 9.59 Å². The molecule has 0 aliphatic heterocycles. The Morgan fingerprint density at radius 3 is 2.08 bits per heavy atom. The van der Waals surface area contributed by atoms with E-state index in [0.29, 0.717) is 18.6 Å². The van der Waals surface area contributed by atoms with Crippen LogP contribution in [0.1, 0.15) is 32.3 Å². The lowest BCUT2D eigenvalue weighted by molar-refractivity contribution is -0.139. The van der Waals surface area contributed by atoms with Crippen molar-refractivity contribution in [2.24, 2.45) is 0 Å². The second-order valence-corrected chi connectivity index (χ2v) is 6.20. The van der Waals surface area contributed by atoms with Gasteiger partial charge >= 0.3 is 5.97 Å². The van der Waals surface area contributed by atoms with Gasteiger partial charge in [-0.2, -0.15) is 0 Å². The lowest BCUT2D eigenvalue weighted by Crippen LogP contribution is -2.45. The molecule has 5 heteroatoms. The maximum Gasteiger partial charge on any atom is 0.341 e. The van der Waals surface area contributed by atoms with Crippen LogP contribution in [0.15, 0.2) is 54.6 Å². The topological polar surface area (TPSA) is 66.8 Å².